The van der Waals surface area contributed by atoms with Crippen molar-refractivity contribution in [3.05, 3.63) is 0 Å². The number of hydrogen-bond acceptors (Lipinski definition) is 6. The van der Waals surface area contributed by atoms with E-state index >= 15 is 0 Å². The fraction of sp³-hybridized carbons (Fsp3) is 0.941. The summed E-state index contributed by atoms with van der Waals surface area (Å²) in [6.45, 7) is 2.33. The molecule has 0 fully saturated rings. The Labute approximate surface area is 196 Å². The van der Waals surface area contributed by atoms with Crippen molar-refractivity contribution in [1.82, 2.24) is 0 Å². The van der Waals surface area contributed by atoms with E-state index in [2.05, 4.69) is 15.3 Å². The Hall–Kier alpha value is 0.976. The van der Waals surface area contributed by atoms with E-state index in [-0.39, 0.29) is 71.0 Å². The molecule has 0 atom stereocenters. The summed E-state index contributed by atoms with van der Waals surface area (Å²) in [4.78, 5) is 11.0. The fourth-order valence-corrected chi connectivity index (χ4v) is 3.08. The monoisotopic (exact) mass is 405 g/mol. The van der Waals surface area contributed by atoms with E-state index in [0.717, 1.165) is 12.8 Å². The van der Waals surface area contributed by atoms with Crippen LogP contribution in [0.3, 0.4) is 0 Å². The molecule has 0 aliphatic rings. The second kappa shape index (κ2) is 19.7. The average Bonchev–Trinajstić information content (AvgIpc) is 2.51. The van der Waals surface area contributed by atoms with Crippen LogP contribution >= 0.6 is 0 Å². The molecular weight excluding hydrogens is 369 g/mol. The van der Waals surface area contributed by atoms with Crippen molar-refractivity contribution in [3.8, 4) is 0 Å². The van der Waals surface area contributed by atoms with E-state index in [1.165, 1.54) is 57.8 Å². The van der Waals surface area contributed by atoms with Crippen molar-refractivity contribution in [3.63, 3.8) is 0 Å². The molecule has 0 spiro atoms. The Balaban J connectivity index is 0. The van der Waals surface area contributed by atoms with Gasteiger partial charge in [-0.3, -0.25) is 4.79 Å². The molecule has 0 bridgehead atoms. The van der Waals surface area contributed by atoms with Gasteiger partial charge in [0.25, 0.3) is 0 Å². The van der Waals surface area contributed by atoms with E-state index in [1.54, 1.807) is 0 Å². The predicted octanol–water partition coefficient (Wildman–Crippen LogP) is 3.19. The zero-order valence-corrected chi connectivity index (χ0v) is 15.9. The zero-order valence-electron chi connectivity index (χ0n) is 15.1. The molecule has 0 aromatic heterocycles. The molecule has 0 aromatic rings. The van der Waals surface area contributed by atoms with Crippen molar-refractivity contribution in [1.29, 1.82) is 0 Å². The molecule has 2 N–H and O–H groups in total. The third kappa shape index (κ3) is 21.1. The summed E-state index contributed by atoms with van der Waals surface area (Å²) in [6.07, 6.45) is 14.2. The van der Waals surface area contributed by atoms with Gasteiger partial charge in [0.1, 0.15) is 0 Å². The summed E-state index contributed by atoms with van der Waals surface area (Å²) >= 11 is 0. The molecule has 0 aliphatic heterocycles. The third-order valence-electron chi connectivity index (χ3n) is 3.77. The van der Waals surface area contributed by atoms with Crippen LogP contribution in [0, 0.1) is 0 Å². The van der Waals surface area contributed by atoms with Gasteiger partial charge >= 0.3 is 67.8 Å². The summed E-state index contributed by atoms with van der Waals surface area (Å²) in [5.74, 6) is -0.882. The Bertz CT molecular complexity index is 404. The molecule has 0 aromatic carbocycles. The standard InChI is InChI=1S/C17H35NO5S.K.H/c1-2-3-4-5-6-7-8-9-10-11-12-13-16-22-24(20,21)23-17(19)14-15-18;;/h2-16,18H2,1H3;;. The van der Waals surface area contributed by atoms with Gasteiger partial charge in [-0.25, -0.2) is 4.18 Å². The second-order valence-corrected chi connectivity index (χ2v) is 7.33. The molecule has 0 amide bonds. The van der Waals surface area contributed by atoms with Crippen molar-refractivity contribution in [2.45, 2.75) is 90.4 Å². The van der Waals surface area contributed by atoms with Gasteiger partial charge < -0.3 is 9.92 Å². The molecule has 6 nitrogen and oxygen atoms in total. The number of rotatable bonds is 17. The van der Waals surface area contributed by atoms with Gasteiger partial charge in [-0.15, -0.1) is 0 Å². The van der Waals surface area contributed by atoms with Gasteiger partial charge in [-0.2, -0.15) is 8.42 Å². The SMILES string of the molecule is CCCCCCCCCCCCCCOS(=O)(=O)OC(=O)CCN.[KH]. The molecule has 0 saturated heterocycles. The van der Waals surface area contributed by atoms with Gasteiger partial charge in [0, 0.05) is 6.54 Å². The van der Waals surface area contributed by atoms with Crippen LogP contribution in [-0.4, -0.2) is 78.9 Å². The summed E-state index contributed by atoms with van der Waals surface area (Å²) in [5, 5.41) is 0. The number of carbonyl (C=O) groups is 1. The van der Waals surface area contributed by atoms with E-state index in [0.29, 0.717) is 6.42 Å². The third-order valence-corrected chi connectivity index (χ3v) is 4.61. The van der Waals surface area contributed by atoms with Crippen LogP contribution in [0.15, 0.2) is 0 Å². The topological polar surface area (TPSA) is 95.7 Å². The van der Waals surface area contributed by atoms with Crippen LogP contribution in [0.1, 0.15) is 90.4 Å². The van der Waals surface area contributed by atoms with Crippen molar-refractivity contribution >= 4 is 67.8 Å². The van der Waals surface area contributed by atoms with Crippen LogP contribution in [0.2, 0.25) is 0 Å². The van der Waals surface area contributed by atoms with Crippen molar-refractivity contribution < 1.29 is 21.6 Å². The fourth-order valence-electron chi connectivity index (χ4n) is 2.40. The number of hydrogen-bond donors (Lipinski definition) is 1. The normalized spacial score (nSPS) is 11.1. The summed E-state index contributed by atoms with van der Waals surface area (Å²) < 4.78 is 31.5. The predicted molar refractivity (Wildman–Crippen MR) is 103 cm³/mol. The quantitative estimate of drug-likeness (QED) is 0.295. The summed E-state index contributed by atoms with van der Waals surface area (Å²) in [6, 6.07) is 0. The second-order valence-electron chi connectivity index (χ2n) is 6.11. The molecular formula is C17H36KNO5S. The van der Waals surface area contributed by atoms with Gasteiger partial charge in [-0.1, -0.05) is 77.6 Å². The number of carbonyl (C=O) groups excluding carboxylic acids is 1. The van der Waals surface area contributed by atoms with Gasteiger partial charge in [-0.05, 0) is 6.42 Å². The Kier molecular flexibility index (Phi) is 22.2. The molecule has 0 saturated carbocycles. The molecule has 0 heterocycles. The first kappa shape index (κ1) is 28.2. The molecule has 0 aliphatic carbocycles. The van der Waals surface area contributed by atoms with Gasteiger partial charge in [0.2, 0.25) is 0 Å². The maximum atomic E-state index is 11.3. The van der Waals surface area contributed by atoms with E-state index < -0.39 is 16.4 Å². The first-order chi connectivity index (χ1) is 11.5. The Morgan fingerprint density at radius 3 is 1.72 bits per heavy atom. The van der Waals surface area contributed by atoms with Gasteiger partial charge in [0.15, 0.2) is 0 Å². The first-order valence-electron chi connectivity index (χ1n) is 9.33. The van der Waals surface area contributed by atoms with E-state index in [1.807, 2.05) is 0 Å². The Morgan fingerprint density at radius 2 is 1.28 bits per heavy atom. The molecule has 0 rings (SSSR count). The van der Waals surface area contributed by atoms with Crippen LogP contribution < -0.4 is 5.73 Å². The van der Waals surface area contributed by atoms with Crippen LogP contribution in [-0.2, 0) is 23.6 Å². The Morgan fingerprint density at radius 1 is 0.840 bits per heavy atom. The van der Waals surface area contributed by atoms with Crippen LogP contribution in [0.5, 0.6) is 0 Å². The van der Waals surface area contributed by atoms with Crippen LogP contribution in [0.25, 0.3) is 0 Å². The zero-order chi connectivity index (χ0) is 18.1. The maximum absolute atomic E-state index is 11.3. The number of nitrogens with two attached hydrogens (primary N) is 1. The van der Waals surface area contributed by atoms with E-state index in [9.17, 15) is 13.2 Å². The molecule has 0 radical (unpaired) electrons. The molecule has 0 unspecified atom stereocenters. The molecule has 25 heavy (non-hydrogen) atoms. The summed E-state index contributed by atoms with van der Waals surface area (Å²) in [5.41, 5.74) is 5.14. The summed E-state index contributed by atoms with van der Waals surface area (Å²) in [7, 11) is -4.22. The van der Waals surface area contributed by atoms with Crippen molar-refractivity contribution in [2.75, 3.05) is 13.2 Å². The minimum absolute atomic E-state index is 0. The molecule has 8 heteroatoms. The average molecular weight is 406 g/mol. The van der Waals surface area contributed by atoms with Crippen LogP contribution in [0.4, 0.5) is 0 Å². The van der Waals surface area contributed by atoms with Gasteiger partial charge in [0.05, 0.1) is 13.0 Å². The van der Waals surface area contributed by atoms with Crippen molar-refractivity contribution in [2.24, 2.45) is 5.73 Å². The minimum atomic E-state index is -4.22. The van der Waals surface area contributed by atoms with E-state index in [4.69, 9.17) is 5.73 Å². The number of unbranched alkanes of at least 4 members (excludes halogenated alkanes) is 11. The molecule has 146 valence electrons. The first-order valence-corrected chi connectivity index (χ1v) is 10.7.